The molecule has 0 aliphatic carbocycles. The van der Waals surface area contributed by atoms with Crippen LogP contribution in [0.25, 0.3) is 16.8 Å². The Morgan fingerprint density at radius 1 is 1.28 bits per heavy atom. The first-order chi connectivity index (χ1) is 8.65. The molecule has 0 amide bonds. The van der Waals surface area contributed by atoms with Gasteiger partial charge >= 0.3 is 5.16 Å². The second-order valence-electron chi connectivity index (χ2n) is 3.95. The van der Waals surface area contributed by atoms with E-state index in [0.717, 1.165) is 16.8 Å². The van der Waals surface area contributed by atoms with Crippen molar-refractivity contribution in [1.29, 1.82) is 0 Å². The van der Waals surface area contributed by atoms with Gasteiger partial charge in [0.2, 0.25) is 0 Å². The number of rotatable bonds is 2. The molecule has 0 fully saturated rings. The van der Waals surface area contributed by atoms with Gasteiger partial charge in [0.1, 0.15) is 6.26 Å². The molecule has 92 valence electrons. The van der Waals surface area contributed by atoms with Crippen molar-refractivity contribution in [2.45, 2.75) is 5.16 Å². The Bertz CT molecular complexity index is 702. The van der Waals surface area contributed by atoms with E-state index in [1.807, 2.05) is 25.4 Å². The van der Waals surface area contributed by atoms with E-state index in [9.17, 15) is 4.55 Å². The SMILES string of the molecule is Cn1cc(-c2ccc3cnc([S+](C)[O-])nn23)cn1. The molecular weight excluding hydrogens is 250 g/mol. The molecule has 0 aliphatic rings. The van der Waals surface area contributed by atoms with E-state index in [4.69, 9.17) is 0 Å². The summed E-state index contributed by atoms with van der Waals surface area (Å²) in [5.41, 5.74) is 2.74. The van der Waals surface area contributed by atoms with Crippen LogP contribution in [0.15, 0.2) is 35.9 Å². The zero-order valence-electron chi connectivity index (χ0n) is 9.94. The largest absolute Gasteiger partial charge is 0.609 e. The minimum absolute atomic E-state index is 0.323. The van der Waals surface area contributed by atoms with Gasteiger partial charge in [-0.3, -0.25) is 4.68 Å². The maximum atomic E-state index is 11.4. The summed E-state index contributed by atoms with van der Waals surface area (Å²) in [7, 11) is 1.86. The van der Waals surface area contributed by atoms with Crippen LogP contribution in [0, 0.1) is 0 Å². The fourth-order valence-electron chi connectivity index (χ4n) is 1.79. The van der Waals surface area contributed by atoms with Gasteiger partial charge in [0.15, 0.2) is 0 Å². The lowest BCUT2D eigenvalue weighted by Gasteiger charge is -2.03. The van der Waals surface area contributed by atoms with Crippen LogP contribution in [0.5, 0.6) is 0 Å². The second kappa shape index (κ2) is 4.11. The van der Waals surface area contributed by atoms with E-state index in [1.165, 1.54) is 0 Å². The van der Waals surface area contributed by atoms with Crippen LogP contribution < -0.4 is 0 Å². The van der Waals surface area contributed by atoms with Crippen molar-refractivity contribution < 1.29 is 4.55 Å². The summed E-state index contributed by atoms with van der Waals surface area (Å²) in [4.78, 5) is 4.07. The Balaban J connectivity index is 2.20. The van der Waals surface area contributed by atoms with E-state index < -0.39 is 11.2 Å². The van der Waals surface area contributed by atoms with Crippen LogP contribution in [-0.4, -0.2) is 35.2 Å². The molecule has 3 rings (SSSR count). The van der Waals surface area contributed by atoms with Gasteiger partial charge < -0.3 is 4.55 Å². The molecule has 6 nitrogen and oxygen atoms in total. The average molecular weight is 261 g/mol. The molecule has 18 heavy (non-hydrogen) atoms. The highest BCUT2D eigenvalue weighted by molar-refractivity contribution is 7.90. The van der Waals surface area contributed by atoms with E-state index >= 15 is 0 Å². The van der Waals surface area contributed by atoms with Crippen LogP contribution in [0.3, 0.4) is 0 Å². The van der Waals surface area contributed by atoms with Gasteiger partial charge in [-0.25, -0.2) is 4.52 Å². The molecule has 0 aromatic carbocycles. The van der Waals surface area contributed by atoms with Crippen molar-refractivity contribution in [2.75, 3.05) is 6.26 Å². The quantitative estimate of drug-likeness (QED) is 0.642. The lowest BCUT2D eigenvalue weighted by Crippen LogP contribution is -2.07. The van der Waals surface area contributed by atoms with E-state index in [2.05, 4.69) is 15.2 Å². The van der Waals surface area contributed by atoms with Crippen LogP contribution in [0.4, 0.5) is 0 Å². The van der Waals surface area contributed by atoms with Crippen LogP contribution in [0.1, 0.15) is 0 Å². The maximum absolute atomic E-state index is 11.4. The van der Waals surface area contributed by atoms with Gasteiger partial charge in [-0.15, -0.1) is 0 Å². The molecular formula is C11H11N5OS. The molecule has 1 atom stereocenters. The van der Waals surface area contributed by atoms with Gasteiger partial charge in [0, 0.05) is 30.0 Å². The summed E-state index contributed by atoms with van der Waals surface area (Å²) in [5, 5.41) is 8.75. The predicted octanol–water partition coefficient (Wildman–Crippen LogP) is 0.867. The molecule has 3 aromatic heterocycles. The molecule has 7 heteroatoms. The van der Waals surface area contributed by atoms with Crippen LogP contribution >= 0.6 is 0 Å². The first kappa shape index (κ1) is 11.2. The van der Waals surface area contributed by atoms with Crippen molar-refractivity contribution in [3.63, 3.8) is 0 Å². The summed E-state index contributed by atoms with van der Waals surface area (Å²) < 4.78 is 14.9. The molecule has 0 bridgehead atoms. The van der Waals surface area contributed by atoms with Crippen molar-refractivity contribution in [1.82, 2.24) is 24.4 Å². The summed E-state index contributed by atoms with van der Waals surface area (Å²) in [5.74, 6) is 0. The standard InChI is InChI=1S/C11H11N5OS/c1-15-7-8(5-13-15)10-4-3-9-6-12-11(18(2)17)14-16(9)10/h3-7H,1-2H3. The molecule has 0 N–H and O–H groups in total. The Morgan fingerprint density at radius 3 is 2.78 bits per heavy atom. The van der Waals surface area contributed by atoms with Crippen LogP contribution in [0.2, 0.25) is 0 Å². The second-order valence-corrected chi connectivity index (χ2v) is 5.23. The monoisotopic (exact) mass is 261 g/mol. The van der Waals surface area contributed by atoms with Gasteiger partial charge in [-0.1, -0.05) is 5.10 Å². The third-order valence-electron chi connectivity index (χ3n) is 2.64. The Hall–Kier alpha value is -1.86. The highest BCUT2D eigenvalue weighted by Crippen LogP contribution is 2.21. The first-order valence-corrected chi connectivity index (χ1v) is 6.88. The molecule has 0 aliphatic heterocycles. The molecule has 3 aromatic rings. The molecule has 0 saturated carbocycles. The molecule has 3 heterocycles. The summed E-state index contributed by atoms with van der Waals surface area (Å²) in [6, 6.07) is 3.87. The fourth-order valence-corrected chi connectivity index (χ4v) is 2.19. The maximum Gasteiger partial charge on any atom is 0.359 e. The minimum atomic E-state index is -1.19. The number of fused-ring (bicyclic) bond motifs is 1. The zero-order valence-corrected chi connectivity index (χ0v) is 10.8. The number of aryl methyl sites for hydroxylation is 1. The van der Waals surface area contributed by atoms with Gasteiger partial charge in [-0.05, 0) is 12.1 Å². The third kappa shape index (κ3) is 1.77. The highest BCUT2D eigenvalue weighted by Gasteiger charge is 2.13. The summed E-state index contributed by atoms with van der Waals surface area (Å²) in [6.45, 7) is 0. The van der Waals surface area contributed by atoms with Crippen molar-refractivity contribution >= 4 is 16.7 Å². The number of nitrogens with zero attached hydrogens (tertiary/aromatic N) is 5. The summed E-state index contributed by atoms with van der Waals surface area (Å²) >= 11 is -1.19. The molecule has 1 unspecified atom stereocenters. The van der Waals surface area contributed by atoms with Gasteiger partial charge in [0.25, 0.3) is 0 Å². The van der Waals surface area contributed by atoms with E-state index in [0.29, 0.717) is 5.16 Å². The smallest absolute Gasteiger partial charge is 0.359 e. The van der Waals surface area contributed by atoms with E-state index in [-0.39, 0.29) is 0 Å². The number of aromatic nitrogens is 5. The average Bonchev–Trinajstić information content (AvgIpc) is 2.93. The van der Waals surface area contributed by atoms with Gasteiger partial charge in [-0.2, -0.15) is 10.1 Å². The topological polar surface area (TPSA) is 71.1 Å². The van der Waals surface area contributed by atoms with Crippen molar-refractivity contribution in [3.8, 4) is 11.3 Å². The lowest BCUT2D eigenvalue weighted by atomic mass is 10.3. The Kier molecular flexibility index (Phi) is 2.57. The van der Waals surface area contributed by atoms with Crippen molar-refractivity contribution in [2.24, 2.45) is 7.05 Å². The minimum Gasteiger partial charge on any atom is -0.609 e. The fraction of sp³-hybridized carbons (Fsp3) is 0.182. The predicted molar refractivity (Wildman–Crippen MR) is 67.5 cm³/mol. The Morgan fingerprint density at radius 2 is 2.11 bits per heavy atom. The lowest BCUT2D eigenvalue weighted by molar-refractivity contribution is 0.587. The van der Waals surface area contributed by atoms with Crippen molar-refractivity contribution in [3.05, 3.63) is 30.7 Å². The first-order valence-electron chi connectivity index (χ1n) is 5.32. The summed E-state index contributed by atoms with van der Waals surface area (Å²) in [6.07, 6.45) is 6.91. The zero-order chi connectivity index (χ0) is 12.7. The highest BCUT2D eigenvalue weighted by atomic mass is 32.2. The normalized spacial score (nSPS) is 13.1. The third-order valence-corrected chi connectivity index (χ3v) is 3.34. The molecule has 0 spiro atoms. The number of hydrogen-bond donors (Lipinski definition) is 0. The molecule has 0 saturated heterocycles. The van der Waals surface area contributed by atoms with Gasteiger partial charge in [0.05, 0.1) is 23.6 Å². The Labute approximate surface area is 106 Å². The van der Waals surface area contributed by atoms with E-state index in [1.54, 1.807) is 27.8 Å². The molecule has 0 radical (unpaired) electrons. The number of hydrogen-bond acceptors (Lipinski definition) is 4. The van der Waals surface area contributed by atoms with Crippen LogP contribution in [-0.2, 0) is 18.2 Å².